The van der Waals surface area contributed by atoms with Crippen LogP contribution in [0.5, 0.6) is 0 Å². The Kier molecular flexibility index (Phi) is 8.38. The fourth-order valence-electron chi connectivity index (χ4n) is 3.90. The van der Waals surface area contributed by atoms with E-state index in [1.807, 2.05) is 0 Å². The van der Waals surface area contributed by atoms with E-state index in [1.54, 1.807) is 0 Å². The van der Waals surface area contributed by atoms with E-state index < -0.39 is 11.9 Å². The number of aliphatic carboxylic acids is 1. The number of hydrogen-bond acceptors (Lipinski definition) is 3. The molecule has 1 saturated carbocycles. The highest BCUT2D eigenvalue weighted by atomic mass is 16.7. The Hall–Kier alpha value is -0.610. The third-order valence-corrected chi connectivity index (χ3v) is 5.51. The van der Waals surface area contributed by atoms with Crippen LogP contribution in [0.1, 0.15) is 77.6 Å². The number of carbonyl (C=O) groups is 1. The zero-order chi connectivity index (χ0) is 16.5. The average Bonchev–Trinajstić information content (AvgIpc) is 2.58. The van der Waals surface area contributed by atoms with E-state index in [4.69, 9.17) is 14.6 Å². The molecule has 0 spiro atoms. The Balaban J connectivity index is 1.55. The minimum atomic E-state index is -0.814. The molecule has 134 valence electrons. The second kappa shape index (κ2) is 10.3. The first-order valence-corrected chi connectivity index (χ1v) is 9.66. The summed E-state index contributed by atoms with van der Waals surface area (Å²) in [5.41, 5.74) is 0. The van der Waals surface area contributed by atoms with Crippen LogP contribution in [-0.2, 0) is 14.3 Å². The minimum Gasteiger partial charge on any atom is -0.481 e. The zero-order valence-corrected chi connectivity index (χ0v) is 14.7. The lowest BCUT2D eigenvalue weighted by Gasteiger charge is -2.36. The van der Waals surface area contributed by atoms with Crippen molar-refractivity contribution in [1.82, 2.24) is 0 Å². The van der Waals surface area contributed by atoms with Gasteiger partial charge in [0.15, 0.2) is 6.29 Å². The molecule has 2 aliphatic rings. The van der Waals surface area contributed by atoms with Crippen molar-refractivity contribution in [1.29, 1.82) is 0 Å². The van der Waals surface area contributed by atoms with E-state index >= 15 is 0 Å². The van der Waals surface area contributed by atoms with Crippen LogP contribution in [0.15, 0.2) is 0 Å². The Labute approximate surface area is 140 Å². The summed E-state index contributed by atoms with van der Waals surface area (Å²) in [5.74, 6) is 0.0414. The smallest absolute Gasteiger partial charge is 0.311 e. The highest BCUT2D eigenvalue weighted by Crippen LogP contribution is 2.36. The first-order chi connectivity index (χ1) is 11.2. The van der Waals surface area contributed by atoms with Crippen LogP contribution < -0.4 is 0 Å². The fourth-order valence-corrected chi connectivity index (χ4v) is 3.90. The van der Waals surface area contributed by atoms with Crippen LogP contribution in [-0.4, -0.2) is 30.6 Å². The van der Waals surface area contributed by atoms with Gasteiger partial charge in [-0.25, -0.2) is 0 Å². The first-order valence-electron chi connectivity index (χ1n) is 9.66. The molecule has 1 N–H and O–H groups in total. The largest absolute Gasteiger partial charge is 0.481 e. The van der Waals surface area contributed by atoms with Crippen molar-refractivity contribution in [2.75, 3.05) is 13.2 Å². The highest BCUT2D eigenvalue weighted by molar-refractivity contribution is 5.70. The molecule has 2 fully saturated rings. The molecule has 1 aliphatic heterocycles. The van der Waals surface area contributed by atoms with Crippen molar-refractivity contribution in [3.63, 3.8) is 0 Å². The molecular weight excluding hydrogens is 292 g/mol. The van der Waals surface area contributed by atoms with Crippen LogP contribution in [0.25, 0.3) is 0 Å². The van der Waals surface area contributed by atoms with Crippen LogP contribution >= 0.6 is 0 Å². The number of hydrogen-bond donors (Lipinski definition) is 1. The standard InChI is InChI=1S/C19H34O4/c1-2-3-4-5-6-7-8-15-9-11-16(12-10-15)19-22-13-17(14-23-19)18(20)21/h15-17,19H,2-14H2,1H3,(H,20,21). The van der Waals surface area contributed by atoms with Gasteiger partial charge in [-0.05, 0) is 31.6 Å². The quantitative estimate of drug-likeness (QED) is 0.628. The van der Waals surface area contributed by atoms with Crippen molar-refractivity contribution in [3.8, 4) is 0 Å². The molecule has 4 nitrogen and oxygen atoms in total. The Morgan fingerprint density at radius 1 is 0.957 bits per heavy atom. The second-order valence-corrected chi connectivity index (χ2v) is 7.41. The van der Waals surface area contributed by atoms with Gasteiger partial charge >= 0.3 is 5.97 Å². The summed E-state index contributed by atoms with van der Waals surface area (Å²) in [4.78, 5) is 10.9. The van der Waals surface area contributed by atoms with E-state index in [-0.39, 0.29) is 6.29 Å². The SMILES string of the molecule is CCCCCCCCC1CCC(C2OCC(C(=O)O)CO2)CC1. The van der Waals surface area contributed by atoms with Gasteiger partial charge in [0.1, 0.15) is 5.92 Å². The molecule has 0 amide bonds. The second-order valence-electron chi connectivity index (χ2n) is 7.41. The molecule has 0 unspecified atom stereocenters. The summed E-state index contributed by atoms with van der Waals surface area (Å²) in [6.45, 7) is 2.87. The normalized spacial score (nSPS) is 31.9. The fraction of sp³-hybridized carbons (Fsp3) is 0.947. The summed E-state index contributed by atoms with van der Waals surface area (Å²) < 4.78 is 11.3. The Morgan fingerprint density at radius 3 is 2.17 bits per heavy atom. The number of rotatable bonds is 9. The molecular formula is C19H34O4. The van der Waals surface area contributed by atoms with E-state index in [9.17, 15) is 4.79 Å². The molecule has 23 heavy (non-hydrogen) atoms. The van der Waals surface area contributed by atoms with Crippen molar-refractivity contribution in [2.24, 2.45) is 17.8 Å². The summed E-state index contributed by atoms with van der Waals surface area (Å²) in [7, 11) is 0. The van der Waals surface area contributed by atoms with Gasteiger partial charge in [0.05, 0.1) is 13.2 Å². The van der Waals surface area contributed by atoms with Crippen LogP contribution in [0.2, 0.25) is 0 Å². The lowest BCUT2D eigenvalue weighted by Crippen LogP contribution is -2.41. The van der Waals surface area contributed by atoms with Crippen molar-refractivity contribution in [3.05, 3.63) is 0 Å². The molecule has 1 heterocycles. The van der Waals surface area contributed by atoms with Gasteiger partial charge in [-0.15, -0.1) is 0 Å². The topological polar surface area (TPSA) is 55.8 Å². The molecule has 1 aliphatic carbocycles. The van der Waals surface area contributed by atoms with E-state index in [0.29, 0.717) is 19.1 Å². The van der Waals surface area contributed by atoms with Crippen molar-refractivity contribution in [2.45, 2.75) is 83.8 Å². The number of carboxylic acid groups (broad SMARTS) is 1. The molecule has 0 atom stereocenters. The predicted octanol–water partition coefficient (Wildman–Crippen LogP) is 4.62. The predicted molar refractivity (Wildman–Crippen MR) is 90.3 cm³/mol. The van der Waals surface area contributed by atoms with E-state index in [0.717, 1.165) is 5.92 Å². The molecule has 0 aromatic carbocycles. The van der Waals surface area contributed by atoms with Gasteiger partial charge < -0.3 is 14.6 Å². The summed E-state index contributed by atoms with van der Waals surface area (Å²) in [5, 5.41) is 8.96. The van der Waals surface area contributed by atoms with Gasteiger partial charge in [-0.3, -0.25) is 4.79 Å². The lowest BCUT2D eigenvalue weighted by molar-refractivity contribution is -0.231. The Bertz CT molecular complexity index is 328. The number of unbranched alkanes of at least 4 members (excludes halogenated alkanes) is 5. The zero-order valence-electron chi connectivity index (χ0n) is 14.7. The summed E-state index contributed by atoms with van der Waals surface area (Å²) in [6.07, 6.45) is 14.4. The van der Waals surface area contributed by atoms with Crippen LogP contribution in [0.3, 0.4) is 0 Å². The first kappa shape index (κ1) is 18.7. The maximum Gasteiger partial charge on any atom is 0.311 e. The van der Waals surface area contributed by atoms with Gasteiger partial charge in [0, 0.05) is 5.92 Å². The van der Waals surface area contributed by atoms with Crippen LogP contribution in [0, 0.1) is 17.8 Å². The monoisotopic (exact) mass is 326 g/mol. The number of ether oxygens (including phenoxy) is 2. The lowest BCUT2D eigenvalue weighted by atomic mass is 9.79. The maximum absolute atomic E-state index is 10.9. The van der Waals surface area contributed by atoms with E-state index in [2.05, 4.69) is 6.92 Å². The average molecular weight is 326 g/mol. The van der Waals surface area contributed by atoms with Crippen molar-refractivity contribution >= 4 is 5.97 Å². The molecule has 0 radical (unpaired) electrons. The molecule has 0 aromatic heterocycles. The highest BCUT2D eigenvalue weighted by Gasteiger charge is 2.34. The minimum absolute atomic E-state index is 0.166. The van der Waals surface area contributed by atoms with Gasteiger partial charge in [0.25, 0.3) is 0 Å². The van der Waals surface area contributed by atoms with Crippen LogP contribution in [0.4, 0.5) is 0 Å². The molecule has 2 rings (SSSR count). The van der Waals surface area contributed by atoms with Crippen molar-refractivity contribution < 1.29 is 19.4 Å². The van der Waals surface area contributed by atoms with Gasteiger partial charge in [0.2, 0.25) is 0 Å². The molecule has 0 bridgehead atoms. The number of carboxylic acids is 1. The Morgan fingerprint density at radius 2 is 1.57 bits per heavy atom. The van der Waals surface area contributed by atoms with E-state index in [1.165, 1.54) is 70.6 Å². The molecule has 4 heteroatoms. The summed E-state index contributed by atoms with van der Waals surface area (Å²) >= 11 is 0. The van der Waals surface area contributed by atoms with Gasteiger partial charge in [-0.1, -0.05) is 51.9 Å². The third-order valence-electron chi connectivity index (χ3n) is 5.51. The molecule has 0 aromatic rings. The van der Waals surface area contributed by atoms with Gasteiger partial charge in [-0.2, -0.15) is 0 Å². The maximum atomic E-state index is 10.9. The molecule has 1 saturated heterocycles. The third kappa shape index (κ3) is 6.42. The summed E-state index contributed by atoms with van der Waals surface area (Å²) in [6, 6.07) is 0.